The first-order valence-electron chi connectivity index (χ1n) is 15.9. The van der Waals surface area contributed by atoms with Crippen LogP contribution in [0.15, 0.2) is 84.9 Å². The van der Waals surface area contributed by atoms with E-state index < -0.39 is 41.8 Å². The van der Waals surface area contributed by atoms with Crippen LogP contribution in [0.2, 0.25) is 0 Å². The van der Waals surface area contributed by atoms with Crippen molar-refractivity contribution in [3.8, 4) is 33.8 Å². The maximum atomic E-state index is 13.9. The van der Waals surface area contributed by atoms with Crippen LogP contribution in [0.25, 0.3) is 22.3 Å². The molecule has 0 saturated carbocycles. The average molecular weight is 650 g/mol. The molecule has 1 aliphatic rings. The fraction of sp³-hybridized carbons (Fsp3) is 0.263. The molecule has 0 aliphatic carbocycles. The number of carbonyl (C=O) groups excluding carboxylic acids is 3. The highest BCUT2D eigenvalue weighted by atomic mass is 16.4. The number of aryl methyl sites for hydroxylation is 1. The lowest BCUT2D eigenvalue weighted by Gasteiger charge is -2.30. The first-order chi connectivity index (χ1) is 23.0. The number of likely N-dealkylation sites (N-methyl/N-ethyl adjacent to an activating group) is 1. The van der Waals surface area contributed by atoms with Crippen molar-refractivity contribution in [2.24, 2.45) is 0 Å². The van der Waals surface area contributed by atoms with Gasteiger partial charge >= 0.3 is 5.97 Å². The number of fused-ring (bicyclic) bond motifs is 5. The zero-order chi connectivity index (χ0) is 34.5. The third-order valence-corrected chi connectivity index (χ3v) is 8.69. The molecule has 4 aromatic rings. The normalized spacial score (nSPS) is 17.9. The Hall–Kier alpha value is -5.64. The largest absolute Gasteiger partial charge is 0.507 e. The third-order valence-electron chi connectivity index (χ3n) is 8.69. The number of benzene rings is 4. The molecule has 5 rings (SSSR count). The van der Waals surface area contributed by atoms with Gasteiger partial charge in [-0.05, 0) is 84.0 Å². The molecule has 4 aromatic carbocycles. The Labute approximate surface area is 279 Å². The summed E-state index contributed by atoms with van der Waals surface area (Å²) in [5.74, 6) is -3.57. The van der Waals surface area contributed by atoms with E-state index in [1.807, 2.05) is 12.1 Å². The second kappa shape index (κ2) is 14.4. The number of carbonyl (C=O) groups is 4. The zero-order valence-electron chi connectivity index (χ0n) is 27.1. The van der Waals surface area contributed by atoms with Gasteiger partial charge in [-0.15, -0.1) is 0 Å². The van der Waals surface area contributed by atoms with E-state index in [9.17, 15) is 34.5 Å². The van der Waals surface area contributed by atoms with E-state index in [2.05, 4.69) is 41.8 Å². The van der Waals surface area contributed by atoms with E-state index in [0.29, 0.717) is 16.7 Å². The summed E-state index contributed by atoms with van der Waals surface area (Å²) < 4.78 is 0. The van der Waals surface area contributed by atoms with Crippen molar-refractivity contribution < 1.29 is 34.5 Å². The van der Waals surface area contributed by atoms with Crippen molar-refractivity contribution >= 4 is 23.7 Å². The Balaban J connectivity index is 1.51. The van der Waals surface area contributed by atoms with E-state index in [4.69, 9.17) is 0 Å². The van der Waals surface area contributed by atoms with E-state index in [-0.39, 0.29) is 29.0 Å². The first kappa shape index (κ1) is 33.7. The number of unbranched alkanes of at least 4 members (excludes halogenated alkanes) is 1. The molecule has 0 unspecified atom stereocenters. The van der Waals surface area contributed by atoms with Crippen LogP contribution in [0, 0.1) is 0 Å². The summed E-state index contributed by atoms with van der Waals surface area (Å²) in [6.45, 7) is 3.58. The number of phenolic OH excluding ortho intramolecular Hbond substituents is 2. The molecule has 0 spiro atoms. The van der Waals surface area contributed by atoms with Crippen LogP contribution in [0.1, 0.15) is 59.8 Å². The van der Waals surface area contributed by atoms with Gasteiger partial charge in [0, 0.05) is 30.2 Å². The molecule has 1 heterocycles. The number of hydrogen-bond donors (Lipinski definition) is 5. The van der Waals surface area contributed by atoms with Crippen molar-refractivity contribution in [2.45, 2.75) is 57.7 Å². The minimum Gasteiger partial charge on any atom is -0.507 e. The minimum absolute atomic E-state index is 0.113. The van der Waals surface area contributed by atoms with Crippen molar-refractivity contribution in [1.82, 2.24) is 15.5 Å². The minimum atomic E-state index is -1.33. The summed E-state index contributed by atoms with van der Waals surface area (Å²) in [6, 6.07) is 20.4. The summed E-state index contributed by atoms with van der Waals surface area (Å²) >= 11 is 0. The number of nitrogens with one attached hydrogen (secondary N) is 2. The van der Waals surface area contributed by atoms with Crippen LogP contribution in [0.4, 0.5) is 0 Å². The van der Waals surface area contributed by atoms with Gasteiger partial charge in [0.1, 0.15) is 29.6 Å². The van der Waals surface area contributed by atoms with E-state index in [1.165, 1.54) is 60.8 Å². The van der Waals surface area contributed by atoms with Gasteiger partial charge in [0.05, 0.1) is 0 Å². The molecule has 10 nitrogen and oxygen atoms in total. The molecule has 0 aromatic heterocycles. The van der Waals surface area contributed by atoms with Crippen molar-refractivity contribution in [3.63, 3.8) is 0 Å². The molecule has 3 atom stereocenters. The maximum absolute atomic E-state index is 13.9. The number of amides is 3. The lowest BCUT2D eigenvalue weighted by molar-refractivity contribution is -0.142. The van der Waals surface area contributed by atoms with Gasteiger partial charge < -0.3 is 30.9 Å². The van der Waals surface area contributed by atoms with Crippen molar-refractivity contribution in [3.05, 3.63) is 107 Å². The molecule has 0 fully saturated rings. The lowest BCUT2D eigenvalue weighted by Crippen LogP contribution is -2.53. The second-order valence-corrected chi connectivity index (χ2v) is 12.2. The summed E-state index contributed by atoms with van der Waals surface area (Å²) in [7, 11) is 1.47. The number of phenols is 2. The highest BCUT2D eigenvalue weighted by molar-refractivity contribution is 5.99. The molecule has 0 saturated heterocycles. The summed E-state index contributed by atoms with van der Waals surface area (Å²) in [6.07, 6.45) is 3.16. The Bertz CT molecular complexity index is 1840. The highest BCUT2D eigenvalue weighted by Crippen LogP contribution is 2.39. The van der Waals surface area contributed by atoms with E-state index >= 15 is 0 Å². The molecule has 1 aliphatic heterocycles. The smallest absolute Gasteiger partial charge is 0.326 e. The van der Waals surface area contributed by atoms with Crippen molar-refractivity contribution in [1.29, 1.82) is 0 Å². The third kappa shape index (κ3) is 7.33. The predicted octanol–water partition coefficient (Wildman–Crippen LogP) is 5.22. The molecule has 248 valence electrons. The molecular formula is C38H39N3O7. The number of nitrogens with zero attached hydrogens (tertiary/aromatic N) is 1. The van der Waals surface area contributed by atoms with Gasteiger partial charge in [-0.25, -0.2) is 4.79 Å². The molecule has 10 heteroatoms. The van der Waals surface area contributed by atoms with Crippen LogP contribution < -0.4 is 10.6 Å². The lowest BCUT2D eigenvalue weighted by atomic mass is 9.93. The standard InChI is InChI=1S/C38H39N3O7/c1-4-5-6-23-7-10-25(11-8-23)26-12-14-27(15-13-26)37(46)41(3)34-28-16-18-33(43)30(21-28)29-19-24(9-17-32(29)42)20-31(38(47)48)40-35(44)22(2)39-36(34)45/h7-19,21-22,31,34,42-43H,4-6,20H2,1-3H3,(H,39,45)(H,40,44)(H,47,48)/t22-,31-,34-/m0/s1. The number of aromatic hydroxyl groups is 2. The van der Waals surface area contributed by atoms with Crippen molar-refractivity contribution in [2.75, 3.05) is 7.05 Å². The quantitative estimate of drug-likeness (QED) is 0.184. The molecule has 4 bridgehead atoms. The van der Waals surface area contributed by atoms with Gasteiger partial charge in [-0.1, -0.05) is 61.9 Å². The number of carboxylic acid groups (broad SMARTS) is 1. The van der Waals surface area contributed by atoms with Crippen LogP contribution in [-0.4, -0.2) is 63.0 Å². The van der Waals surface area contributed by atoms with E-state index in [1.54, 1.807) is 12.1 Å². The number of aliphatic carboxylic acids is 1. The molecule has 48 heavy (non-hydrogen) atoms. The topological polar surface area (TPSA) is 156 Å². The highest BCUT2D eigenvalue weighted by Gasteiger charge is 2.33. The van der Waals surface area contributed by atoms with Gasteiger partial charge in [0.2, 0.25) is 11.8 Å². The average Bonchev–Trinajstić information content (AvgIpc) is 3.08. The summed E-state index contributed by atoms with van der Waals surface area (Å²) in [4.78, 5) is 54.1. The fourth-order valence-corrected chi connectivity index (χ4v) is 5.88. The van der Waals surface area contributed by atoms with Gasteiger partial charge in [0.15, 0.2) is 0 Å². The Morgan fingerprint density at radius 1 is 0.812 bits per heavy atom. The van der Waals surface area contributed by atoms with Crippen LogP contribution in [0.3, 0.4) is 0 Å². The molecule has 0 radical (unpaired) electrons. The van der Waals surface area contributed by atoms with Gasteiger partial charge in [-0.2, -0.15) is 0 Å². The SMILES string of the molecule is CCCCc1ccc(-c2ccc(C(=O)N(C)[C@@H]3C(=O)N[C@@H](C)C(=O)N[C@H](C(=O)O)Cc4ccc(O)c(c4)-c4cc3ccc4O)cc2)cc1. The first-order valence-corrected chi connectivity index (χ1v) is 15.9. The monoisotopic (exact) mass is 649 g/mol. The number of rotatable bonds is 7. The Kier molecular flexibility index (Phi) is 10.1. The number of hydrogen-bond acceptors (Lipinski definition) is 6. The van der Waals surface area contributed by atoms with Gasteiger partial charge in [-0.3, -0.25) is 14.4 Å². The Morgan fingerprint density at radius 2 is 1.42 bits per heavy atom. The van der Waals surface area contributed by atoms with Gasteiger partial charge in [0.25, 0.3) is 5.91 Å². The van der Waals surface area contributed by atoms with Crippen LogP contribution in [0.5, 0.6) is 11.5 Å². The maximum Gasteiger partial charge on any atom is 0.326 e. The molecular weight excluding hydrogens is 610 g/mol. The van der Waals surface area contributed by atoms with Crippen LogP contribution in [-0.2, 0) is 27.2 Å². The fourth-order valence-electron chi connectivity index (χ4n) is 5.88. The van der Waals surface area contributed by atoms with E-state index in [0.717, 1.165) is 30.4 Å². The second-order valence-electron chi connectivity index (χ2n) is 12.2. The number of carboxylic acids is 1. The molecule has 5 N–H and O–H groups in total. The zero-order valence-corrected chi connectivity index (χ0v) is 27.1. The summed E-state index contributed by atoms with van der Waals surface area (Å²) in [5, 5.41) is 36.5. The predicted molar refractivity (Wildman–Crippen MR) is 181 cm³/mol. The Morgan fingerprint density at radius 3 is 2.04 bits per heavy atom. The van der Waals surface area contributed by atoms with Crippen LogP contribution >= 0.6 is 0 Å². The summed E-state index contributed by atoms with van der Waals surface area (Å²) in [5.41, 5.74) is 4.69. The molecule has 3 amide bonds.